The Morgan fingerprint density at radius 1 is 1.11 bits per heavy atom. The summed E-state index contributed by atoms with van der Waals surface area (Å²) in [5.41, 5.74) is 5.49. The molecule has 13 heteroatoms. The maximum absolute atomic E-state index is 13.2. The van der Waals surface area contributed by atoms with E-state index in [1.165, 1.54) is 0 Å². The van der Waals surface area contributed by atoms with Crippen LogP contribution in [0.4, 0.5) is 26.3 Å². The van der Waals surface area contributed by atoms with E-state index in [0.717, 1.165) is 0 Å². The molecule has 35 heavy (non-hydrogen) atoms. The van der Waals surface area contributed by atoms with Crippen LogP contribution in [-0.4, -0.2) is 43.1 Å². The third-order valence-electron chi connectivity index (χ3n) is 5.14. The number of amides is 1. The van der Waals surface area contributed by atoms with Gasteiger partial charge in [0.25, 0.3) is 0 Å². The van der Waals surface area contributed by atoms with E-state index in [9.17, 15) is 31.1 Å². The number of ether oxygens (including phenoxy) is 2. The number of rotatable bonds is 8. The lowest BCUT2D eigenvalue weighted by molar-refractivity contribution is -0.214. The van der Waals surface area contributed by atoms with E-state index in [1.54, 1.807) is 30.3 Å². The summed E-state index contributed by atoms with van der Waals surface area (Å²) >= 11 is 0. The molecule has 3 rings (SSSR count). The van der Waals surface area contributed by atoms with E-state index >= 15 is 0 Å². The largest absolute Gasteiger partial charge is 0.416 e. The van der Waals surface area contributed by atoms with Gasteiger partial charge in [0.15, 0.2) is 6.29 Å². The summed E-state index contributed by atoms with van der Waals surface area (Å²) in [6.07, 6.45) is -10.6. The van der Waals surface area contributed by atoms with Crippen LogP contribution in [0.3, 0.4) is 0 Å². The highest BCUT2D eigenvalue weighted by Crippen LogP contribution is 2.37. The number of carbonyl (C=O) groups excluding carboxylic acids is 1. The number of hydrogen-bond acceptors (Lipinski definition) is 5. The molecule has 0 bridgehead atoms. The van der Waals surface area contributed by atoms with Crippen LogP contribution in [0, 0.1) is 0 Å². The first-order chi connectivity index (χ1) is 16.5. The van der Waals surface area contributed by atoms with Crippen LogP contribution >= 0.6 is 0 Å². The summed E-state index contributed by atoms with van der Waals surface area (Å²) in [5.74, 6) is 0.0754. The summed E-state index contributed by atoms with van der Waals surface area (Å²) < 4.78 is 90.5. The van der Waals surface area contributed by atoms with E-state index in [-0.39, 0.29) is 30.6 Å². The number of halogens is 6. The molecule has 0 spiro atoms. The van der Waals surface area contributed by atoms with Crippen molar-refractivity contribution in [3.8, 4) is 0 Å². The summed E-state index contributed by atoms with van der Waals surface area (Å²) in [6, 6.07) is 9.51. The molecule has 0 saturated carbocycles. The van der Waals surface area contributed by atoms with Gasteiger partial charge in [-0.05, 0) is 29.3 Å². The van der Waals surface area contributed by atoms with Gasteiger partial charge in [-0.1, -0.05) is 30.3 Å². The Morgan fingerprint density at radius 2 is 1.74 bits per heavy atom. The molecule has 1 amide bonds. The van der Waals surface area contributed by atoms with Crippen LogP contribution in [0.15, 0.2) is 53.6 Å². The molecule has 1 saturated heterocycles. The van der Waals surface area contributed by atoms with Crippen LogP contribution in [0.2, 0.25) is 0 Å². The number of morpholine rings is 1. The predicted molar refractivity (Wildman–Crippen MR) is 113 cm³/mol. The number of alkyl halides is 6. The van der Waals surface area contributed by atoms with Gasteiger partial charge in [0, 0.05) is 6.54 Å². The van der Waals surface area contributed by atoms with Crippen molar-refractivity contribution in [3.05, 3.63) is 70.8 Å². The van der Waals surface area contributed by atoms with Crippen molar-refractivity contribution >= 4 is 12.2 Å². The van der Waals surface area contributed by atoms with Crippen molar-refractivity contribution in [3.63, 3.8) is 0 Å². The van der Waals surface area contributed by atoms with Gasteiger partial charge in [-0.3, -0.25) is 9.69 Å². The topological polar surface area (TPSA) is 89.2 Å². The molecule has 0 aliphatic carbocycles. The summed E-state index contributed by atoms with van der Waals surface area (Å²) in [6.45, 7) is 0.0494. The molecule has 0 aromatic heterocycles. The lowest BCUT2D eigenvalue weighted by Gasteiger charge is -2.41. The zero-order valence-corrected chi connectivity index (χ0v) is 18.1. The van der Waals surface area contributed by atoms with Crippen molar-refractivity contribution in [2.45, 2.75) is 31.3 Å². The van der Waals surface area contributed by atoms with Gasteiger partial charge in [-0.15, -0.1) is 0 Å². The molecule has 1 aliphatic rings. The van der Waals surface area contributed by atoms with E-state index < -0.39 is 42.4 Å². The molecule has 2 atom stereocenters. The molecule has 1 heterocycles. The Hall–Kier alpha value is -3.16. The van der Waals surface area contributed by atoms with Crippen molar-refractivity contribution in [1.82, 2.24) is 10.3 Å². The molecule has 190 valence electrons. The number of amidine groups is 1. The molecule has 0 radical (unpaired) electrons. The highest BCUT2D eigenvalue weighted by Gasteiger charge is 2.38. The second-order valence-electron chi connectivity index (χ2n) is 7.64. The molecule has 2 aromatic rings. The average Bonchev–Trinajstić information content (AvgIpc) is 2.80. The first kappa shape index (κ1) is 26.4. The van der Waals surface area contributed by atoms with E-state index in [2.05, 4.69) is 10.5 Å². The first-order valence-corrected chi connectivity index (χ1v) is 10.3. The average molecular weight is 504 g/mol. The first-order valence-electron chi connectivity index (χ1n) is 10.3. The fourth-order valence-electron chi connectivity index (χ4n) is 3.66. The van der Waals surface area contributed by atoms with Gasteiger partial charge in [0.2, 0.25) is 6.41 Å². The summed E-state index contributed by atoms with van der Waals surface area (Å²) in [5, 5.41) is 3.69. The quantitative estimate of drug-likeness (QED) is 0.188. The van der Waals surface area contributed by atoms with Crippen LogP contribution in [0.1, 0.15) is 28.3 Å². The molecule has 1 fully saturated rings. The van der Waals surface area contributed by atoms with E-state index in [0.29, 0.717) is 30.7 Å². The van der Waals surface area contributed by atoms with Crippen LogP contribution in [0.5, 0.6) is 0 Å². The minimum absolute atomic E-state index is 0.0601. The number of hydrogen-bond donors (Lipinski definition) is 2. The Balaban J connectivity index is 1.87. The monoisotopic (exact) mass is 504 g/mol. The number of nitrogens with zero attached hydrogens (tertiary/aromatic N) is 2. The van der Waals surface area contributed by atoms with Gasteiger partial charge in [-0.25, -0.2) is 5.43 Å². The van der Waals surface area contributed by atoms with Gasteiger partial charge in [0.1, 0.15) is 5.84 Å². The molecule has 1 aliphatic heterocycles. The number of benzene rings is 2. The SMILES string of the molecule is N/C(CN1CCO[C@H](OCc2cc(C(F)(F)F)cc(C(F)(F)F)c2)[C@@H]1c1ccccc1)=N\NC=O. The maximum atomic E-state index is 13.2. The van der Waals surface area contributed by atoms with Gasteiger partial charge < -0.3 is 15.2 Å². The molecule has 2 aromatic carbocycles. The van der Waals surface area contributed by atoms with E-state index in [4.69, 9.17) is 15.2 Å². The van der Waals surface area contributed by atoms with Crippen molar-refractivity contribution in [2.75, 3.05) is 19.7 Å². The second-order valence-corrected chi connectivity index (χ2v) is 7.64. The standard InChI is InChI=1S/C22H22F6N4O3/c23-21(24,25)16-8-14(9-17(10-16)22(26,27)28)12-35-20-19(15-4-2-1-3-5-15)32(6-7-34-20)11-18(29)31-30-13-33/h1-5,8-10,13,19-20H,6-7,11-12H2,(H2,29,31)(H,30,33)/t19-,20+/m0/s1. The third-order valence-corrected chi connectivity index (χ3v) is 5.14. The highest BCUT2D eigenvalue weighted by atomic mass is 19.4. The Bertz CT molecular complexity index is 998. The van der Waals surface area contributed by atoms with Crippen LogP contribution < -0.4 is 11.2 Å². The fourth-order valence-corrected chi connectivity index (χ4v) is 3.66. The second kappa shape index (κ2) is 11.1. The van der Waals surface area contributed by atoms with Crippen LogP contribution in [-0.2, 0) is 33.2 Å². The van der Waals surface area contributed by atoms with Crippen molar-refractivity contribution in [1.29, 1.82) is 0 Å². The lowest BCUT2D eigenvalue weighted by atomic mass is 10.0. The zero-order valence-electron chi connectivity index (χ0n) is 18.1. The van der Waals surface area contributed by atoms with Gasteiger partial charge in [-0.2, -0.15) is 31.4 Å². The fraction of sp³-hybridized carbons (Fsp3) is 0.364. The Kier molecular flexibility index (Phi) is 8.35. The smallest absolute Gasteiger partial charge is 0.385 e. The summed E-state index contributed by atoms with van der Waals surface area (Å²) in [7, 11) is 0. The minimum atomic E-state index is -4.97. The highest BCUT2D eigenvalue weighted by molar-refractivity contribution is 5.82. The Morgan fingerprint density at radius 3 is 2.31 bits per heavy atom. The number of nitrogens with one attached hydrogen (secondary N) is 1. The molecular formula is C22H22F6N4O3. The number of nitrogens with two attached hydrogens (primary N) is 1. The Labute approximate surface area is 196 Å². The van der Waals surface area contributed by atoms with Gasteiger partial charge >= 0.3 is 12.4 Å². The molecule has 7 nitrogen and oxygen atoms in total. The van der Waals surface area contributed by atoms with Crippen molar-refractivity contribution in [2.24, 2.45) is 10.8 Å². The maximum Gasteiger partial charge on any atom is 0.416 e. The zero-order chi connectivity index (χ0) is 25.6. The van der Waals surface area contributed by atoms with Gasteiger partial charge in [0.05, 0.1) is 36.9 Å². The van der Waals surface area contributed by atoms with E-state index in [1.807, 2.05) is 4.90 Å². The number of hydrazone groups is 1. The predicted octanol–water partition coefficient (Wildman–Crippen LogP) is 3.66. The molecular weight excluding hydrogens is 482 g/mol. The number of carbonyl (C=O) groups is 1. The van der Waals surface area contributed by atoms with Crippen molar-refractivity contribution < 1.29 is 40.6 Å². The lowest BCUT2D eigenvalue weighted by Crippen LogP contribution is -2.49. The summed E-state index contributed by atoms with van der Waals surface area (Å²) in [4.78, 5) is 12.3. The normalized spacial score (nSPS) is 20.0. The molecule has 0 unspecified atom stereocenters. The van der Waals surface area contributed by atoms with Crippen LogP contribution in [0.25, 0.3) is 0 Å². The third kappa shape index (κ3) is 7.16. The molecule has 3 N–H and O–H groups in total. The minimum Gasteiger partial charge on any atom is -0.385 e.